The van der Waals surface area contributed by atoms with Crippen LogP contribution in [0.25, 0.3) is 0 Å². The number of amides is 4. The van der Waals surface area contributed by atoms with Gasteiger partial charge in [-0.25, -0.2) is 0 Å². The van der Waals surface area contributed by atoms with Crippen LogP contribution < -0.4 is 22.1 Å². The zero-order valence-corrected chi connectivity index (χ0v) is 20.3. The lowest BCUT2D eigenvalue weighted by atomic mass is 9.87. The van der Waals surface area contributed by atoms with Gasteiger partial charge in [-0.1, -0.05) is 20.8 Å². The van der Waals surface area contributed by atoms with E-state index in [0.29, 0.717) is 72.0 Å². The van der Waals surface area contributed by atoms with Crippen LogP contribution >= 0.6 is 0 Å². The molecule has 4 amide bonds. The zero-order chi connectivity index (χ0) is 24.9. The van der Waals surface area contributed by atoms with E-state index < -0.39 is 11.8 Å². The minimum atomic E-state index is -0.418. The molecule has 33 heavy (non-hydrogen) atoms. The lowest BCUT2D eigenvalue weighted by Crippen LogP contribution is -2.54. The Hall–Kier alpha value is -2.28. The van der Waals surface area contributed by atoms with Crippen LogP contribution in [0.15, 0.2) is 0 Å². The van der Waals surface area contributed by atoms with Crippen LogP contribution in [-0.2, 0) is 19.2 Å². The maximum absolute atomic E-state index is 11.9. The highest BCUT2D eigenvalue weighted by Gasteiger charge is 2.28. The van der Waals surface area contributed by atoms with Crippen molar-refractivity contribution in [2.45, 2.75) is 33.2 Å². The van der Waals surface area contributed by atoms with Gasteiger partial charge in [-0.3, -0.25) is 38.8 Å². The fraction of sp³-hybridized carbons (Fsp3) is 0.810. The second-order valence-electron chi connectivity index (χ2n) is 9.75. The van der Waals surface area contributed by atoms with Gasteiger partial charge in [0.05, 0.1) is 26.4 Å². The lowest BCUT2D eigenvalue weighted by Gasteiger charge is -2.40. The van der Waals surface area contributed by atoms with Gasteiger partial charge in [0.25, 0.3) is 0 Å². The second kappa shape index (κ2) is 14.8. The van der Waals surface area contributed by atoms with Crippen molar-refractivity contribution in [1.82, 2.24) is 30.2 Å². The summed E-state index contributed by atoms with van der Waals surface area (Å²) in [5.74, 6) is -0.829. The van der Waals surface area contributed by atoms with E-state index in [4.69, 9.17) is 11.5 Å². The molecule has 1 unspecified atom stereocenters. The molecule has 1 fully saturated rings. The average Bonchev–Trinajstić information content (AvgIpc) is 2.70. The Morgan fingerprint density at radius 3 is 1.82 bits per heavy atom. The highest BCUT2D eigenvalue weighted by molar-refractivity contribution is 5.76. The zero-order valence-electron chi connectivity index (χ0n) is 20.3. The molecule has 0 aromatic heterocycles. The lowest BCUT2D eigenvalue weighted by molar-refractivity contribution is -0.121. The number of rotatable bonds is 11. The Morgan fingerprint density at radius 1 is 0.818 bits per heavy atom. The van der Waals surface area contributed by atoms with Crippen molar-refractivity contribution >= 4 is 24.6 Å². The fourth-order valence-electron chi connectivity index (χ4n) is 4.07. The number of nitrogens with zero attached hydrogens (tertiary/aromatic N) is 4. The summed E-state index contributed by atoms with van der Waals surface area (Å²) in [5, 5.41) is 5.44. The first-order valence-electron chi connectivity index (χ1n) is 11.4. The fourth-order valence-corrected chi connectivity index (χ4v) is 4.07. The van der Waals surface area contributed by atoms with Crippen LogP contribution in [0.2, 0.25) is 0 Å². The predicted molar refractivity (Wildman–Crippen MR) is 126 cm³/mol. The van der Waals surface area contributed by atoms with Gasteiger partial charge in [-0.2, -0.15) is 0 Å². The van der Waals surface area contributed by atoms with Gasteiger partial charge in [-0.15, -0.1) is 0 Å². The number of nitrogens with one attached hydrogen (secondary N) is 2. The first-order chi connectivity index (χ1) is 15.5. The highest BCUT2D eigenvalue weighted by Crippen LogP contribution is 2.24. The van der Waals surface area contributed by atoms with Gasteiger partial charge < -0.3 is 22.1 Å². The molecule has 0 aromatic rings. The highest BCUT2D eigenvalue weighted by atomic mass is 16.2. The summed E-state index contributed by atoms with van der Waals surface area (Å²) < 4.78 is 0. The third-order valence-electron chi connectivity index (χ3n) is 5.54. The molecule has 1 aliphatic rings. The Bertz CT molecular complexity index is 628. The molecule has 0 saturated carbocycles. The Kier molecular flexibility index (Phi) is 12.9. The molecule has 1 atom stereocenters. The molecule has 1 rings (SSSR count). The van der Waals surface area contributed by atoms with Crippen LogP contribution in [0.3, 0.4) is 0 Å². The van der Waals surface area contributed by atoms with Crippen molar-refractivity contribution in [3.8, 4) is 0 Å². The summed E-state index contributed by atoms with van der Waals surface area (Å²) in [6.07, 6.45) is 2.14. The van der Waals surface area contributed by atoms with Crippen LogP contribution in [0.5, 0.6) is 0 Å². The van der Waals surface area contributed by atoms with Crippen LogP contribution in [0.1, 0.15) is 27.2 Å². The van der Waals surface area contributed by atoms with Crippen molar-refractivity contribution in [1.29, 1.82) is 0 Å². The van der Waals surface area contributed by atoms with Crippen molar-refractivity contribution in [2.75, 3.05) is 72.2 Å². The summed E-state index contributed by atoms with van der Waals surface area (Å²) in [5.41, 5.74) is 11.0. The molecular formula is C21H42N8O4. The number of nitrogens with two attached hydrogens (primary N) is 2. The smallest absolute Gasteiger partial charge is 0.231 e. The van der Waals surface area contributed by atoms with Crippen LogP contribution in [-0.4, -0.2) is 123 Å². The quantitative estimate of drug-likeness (QED) is 0.239. The number of carbonyl (C=O) groups is 4. The van der Waals surface area contributed by atoms with E-state index in [-0.39, 0.29) is 24.5 Å². The molecule has 0 spiro atoms. The summed E-state index contributed by atoms with van der Waals surface area (Å²) in [4.78, 5) is 53.6. The third-order valence-corrected chi connectivity index (χ3v) is 5.54. The largest absolute Gasteiger partial charge is 0.369 e. The normalized spacial score (nSPS) is 20.9. The first-order valence-corrected chi connectivity index (χ1v) is 11.4. The molecule has 0 radical (unpaired) electrons. The molecule has 1 heterocycles. The van der Waals surface area contributed by atoms with E-state index in [1.54, 1.807) is 0 Å². The number of carbonyl (C=O) groups excluding carboxylic acids is 4. The molecule has 6 N–H and O–H groups in total. The van der Waals surface area contributed by atoms with E-state index in [1.165, 1.54) is 0 Å². The van der Waals surface area contributed by atoms with Crippen molar-refractivity contribution < 1.29 is 19.2 Å². The van der Waals surface area contributed by atoms with Crippen molar-refractivity contribution in [3.63, 3.8) is 0 Å². The van der Waals surface area contributed by atoms with Crippen LogP contribution in [0, 0.1) is 5.41 Å². The number of hydrogen-bond acceptors (Lipinski definition) is 8. The Morgan fingerprint density at radius 2 is 1.30 bits per heavy atom. The van der Waals surface area contributed by atoms with Gasteiger partial charge >= 0.3 is 0 Å². The molecule has 12 nitrogen and oxygen atoms in total. The maximum atomic E-state index is 11.9. The minimum Gasteiger partial charge on any atom is -0.369 e. The summed E-state index contributed by atoms with van der Waals surface area (Å²) in [6.45, 7) is 11.6. The molecule has 190 valence electrons. The van der Waals surface area contributed by atoms with Gasteiger partial charge in [0.1, 0.15) is 0 Å². The van der Waals surface area contributed by atoms with Gasteiger partial charge in [0, 0.05) is 51.9 Å². The van der Waals surface area contributed by atoms with E-state index in [1.807, 2.05) is 4.90 Å². The Labute approximate surface area is 196 Å². The number of primary amides is 2. The van der Waals surface area contributed by atoms with Gasteiger partial charge in [0.2, 0.25) is 24.6 Å². The number of hydrogen-bond donors (Lipinski definition) is 4. The van der Waals surface area contributed by atoms with Gasteiger partial charge in [0.15, 0.2) is 0 Å². The molecule has 1 saturated heterocycles. The SMILES string of the molecule is CC(C)(C)CC1CN(CNC=O)CCN(CNC=O)CCN(CC(N)=O)CCN1CC(N)=O. The van der Waals surface area contributed by atoms with E-state index >= 15 is 0 Å². The second-order valence-corrected chi connectivity index (χ2v) is 9.75. The molecule has 0 aromatic carbocycles. The molecule has 12 heteroatoms. The molecule has 0 bridgehead atoms. The molecule has 0 aliphatic carbocycles. The molecule has 1 aliphatic heterocycles. The predicted octanol–water partition coefficient (Wildman–Crippen LogP) is -2.61. The monoisotopic (exact) mass is 470 g/mol. The Balaban J connectivity index is 3.20. The summed E-state index contributed by atoms with van der Waals surface area (Å²) in [7, 11) is 0. The summed E-state index contributed by atoms with van der Waals surface area (Å²) >= 11 is 0. The van der Waals surface area contributed by atoms with E-state index in [0.717, 1.165) is 6.42 Å². The first kappa shape index (κ1) is 28.8. The van der Waals surface area contributed by atoms with E-state index in [2.05, 4.69) is 46.1 Å². The standard InChI is InChI=1S/C21H42N8O4/c1-21(2,3)10-18-11-28(15-25-17-31)7-6-27(14-24-16-30)5-4-26(12-19(22)32)8-9-29(18)13-20(23)33/h16-18H,4-15H2,1-3H3,(H2,22,32)(H2,23,33)(H,24,30)(H,25,31). The minimum absolute atomic E-state index is 0.00218. The van der Waals surface area contributed by atoms with Crippen LogP contribution in [0.4, 0.5) is 0 Å². The third kappa shape index (κ3) is 13.1. The van der Waals surface area contributed by atoms with Crippen molar-refractivity contribution in [3.05, 3.63) is 0 Å². The molecular weight excluding hydrogens is 428 g/mol. The maximum Gasteiger partial charge on any atom is 0.231 e. The van der Waals surface area contributed by atoms with E-state index in [9.17, 15) is 19.2 Å². The topological polar surface area (TPSA) is 157 Å². The summed E-state index contributed by atoms with van der Waals surface area (Å²) in [6, 6.07) is 0.00218. The van der Waals surface area contributed by atoms with Gasteiger partial charge in [-0.05, 0) is 11.8 Å². The van der Waals surface area contributed by atoms with Crippen molar-refractivity contribution in [2.24, 2.45) is 16.9 Å². The average molecular weight is 471 g/mol.